The van der Waals surface area contributed by atoms with Crippen LogP contribution in [0, 0.1) is 5.82 Å². The topological polar surface area (TPSA) is 63.6 Å². The van der Waals surface area contributed by atoms with Crippen molar-refractivity contribution in [2.45, 2.75) is 4.90 Å². The van der Waals surface area contributed by atoms with Crippen molar-refractivity contribution < 1.29 is 22.7 Å². The molecule has 108 valence electrons. The zero-order valence-electron chi connectivity index (χ0n) is 10.8. The summed E-state index contributed by atoms with van der Waals surface area (Å²) in [7, 11) is -3.88. The van der Waals surface area contributed by atoms with E-state index in [-0.39, 0.29) is 27.9 Å². The minimum atomic E-state index is -3.88. The van der Waals surface area contributed by atoms with Gasteiger partial charge < -0.3 is 9.84 Å². The normalized spacial score (nSPS) is 15.4. The second-order valence-electron chi connectivity index (χ2n) is 4.53. The first-order valence-electron chi connectivity index (χ1n) is 6.15. The van der Waals surface area contributed by atoms with E-state index >= 15 is 0 Å². The second-order valence-corrected chi connectivity index (χ2v) is 6.47. The molecule has 1 heterocycles. The number of benzene rings is 2. The van der Waals surface area contributed by atoms with Gasteiger partial charge in [0.15, 0.2) is 11.5 Å². The van der Waals surface area contributed by atoms with Crippen molar-refractivity contribution in [1.82, 2.24) is 0 Å². The lowest BCUT2D eigenvalue weighted by molar-refractivity contribution is 0.333. The van der Waals surface area contributed by atoms with E-state index in [4.69, 9.17) is 4.74 Å². The van der Waals surface area contributed by atoms with Crippen molar-refractivity contribution in [3.05, 3.63) is 58.8 Å². The van der Waals surface area contributed by atoms with Crippen LogP contribution in [-0.2, 0) is 9.84 Å². The van der Waals surface area contributed by atoms with Crippen molar-refractivity contribution >= 4 is 15.9 Å². The van der Waals surface area contributed by atoms with E-state index in [1.807, 2.05) is 0 Å². The number of fused-ring (bicyclic) bond motifs is 1. The van der Waals surface area contributed by atoms with E-state index in [0.717, 1.165) is 6.07 Å². The first kappa shape index (κ1) is 13.6. The maximum atomic E-state index is 13.7. The summed E-state index contributed by atoms with van der Waals surface area (Å²) in [6.45, 7) is -0.270. The standard InChI is InChI=1S/C15H11FO4S/c16-12-5-3-4-10-8-11(21(18,19)15(10)12)9-20-14-7-2-1-6-13(14)17/h1-8,17H,9H2. The van der Waals surface area contributed by atoms with Crippen LogP contribution >= 0.6 is 0 Å². The van der Waals surface area contributed by atoms with Crippen molar-refractivity contribution in [3.63, 3.8) is 0 Å². The van der Waals surface area contributed by atoms with E-state index in [2.05, 4.69) is 0 Å². The van der Waals surface area contributed by atoms with Gasteiger partial charge in [0.25, 0.3) is 0 Å². The molecule has 6 heteroatoms. The molecule has 0 bridgehead atoms. The summed E-state index contributed by atoms with van der Waals surface area (Å²) in [6.07, 6.45) is 1.38. The van der Waals surface area contributed by atoms with Crippen LogP contribution in [0.4, 0.5) is 4.39 Å². The van der Waals surface area contributed by atoms with Crippen LogP contribution < -0.4 is 4.74 Å². The summed E-state index contributed by atoms with van der Waals surface area (Å²) in [5.41, 5.74) is 0.311. The van der Waals surface area contributed by atoms with E-state index < -0.39 is 15.7 Å². The number of para-hydroxylation sites is 2. The number of aromatic hydroxyl groups is 1. The average molecular weight is 306 g/mol. The summed E-state index contributed by atoms with van der Waals surface area (Å²) in [5.74, 6) is -0.691. The minimum Gasteiger partial charge on any atom is -0.504 e. The molecule has 4 nitrogen and oxygen atoms in total. The van der Waals surface area contributed by atoms with Crippen molar-refractivity contribution in [3.8, 4) is 11.5 Å². The van der Waals surface area contributed by atoms with Gasteiger partial charge in [-0.15, -0.1) is 0 Å². The third-order valence-corrected chi connectivity index (χ3v) is 5.06. The monoisotopic (exact) mass is 306 g/mol. The summed E-state index contributed by atoms with van der Waals surface area (Å²) in [4.78, 5) is -0.355. The smallest absolute Gasteiger partial charge is 0.209 e. The number of halogens is 1. The van der Waals surface area contributed by atoms with Crippen LogP contribution in [0.1, 0.15) is 5.56 Å². The highest BCUT2D eigenvalue weighted by Gasteiger charge is 2.32. The molecule has 0 aliphatic carbocycles. The summed E-state index contributed by atoms with van der Waals surface area (Å²) in [5, 5.41) is 9.58. The molecule has 0 amide bonds. The van der Waals surface area contributed by atoms with Crippen LogP contribution in [0.2, 0.25) is 0 Å². The Labute approximate surface area is 121 Å². The van der Waals surface area contributed by atoms with Gasteiger partial charge in [-0.25, -0.2) is 12.8 Å². The lowest BCUT2D eigenvalue weighted by Crippen LogP contribution is -2.10. The van der Waals surface area contributed by atoms with Crippen LogP contribution in [0.3, 0.4) is 0 Å². The molecule has 0 fully saturated rings. The molecule has 0 unspecified atom stereocenters. The highest BCUT2D eigenvalue weighted by Crippen LogP contribution is 2.35. The van der Waals surface area contributed by atoms with E-state index in [1.165, 1.54) is 30.3 Å². The Morgan fingerprint density at radius 3 is 2.57 bits per heavy atom. The summed E-state index contributed by atoms with van der Waals surface area (Å²) < 4.78 is 43.5. The molecule has 21 heavy (non-hydrogen) atoms. The van der Waals surface area contributed by atoms with Gasteiger partial charge in [0.1, 0.15) is 17.3 Å². The summed E-state index contributed by atoms with van der Waals surface area (Å²) >= 11 is 0. The van der Waals surface area contributed by atoms with Gasteiger partial charge in [0, 0.05) is 0 Å². The Hall–Kier alpha value is -2.34. The van der Waals surface area contributed by atoms with Crippen LogP contribution in [-0.4, -0.2) is 20.1 Å². The molecule has 0 saturated carbocycles. The van der Waals surface area contributed by atoms with Gasteiger partial charge in [-0.3, -0.25) is 0 Å². The van der Waals surface area contributed by atoms with Crippen LogP contribution in [0.25, 0.3) is 6.08 Å². The van der Waals surface area contributed by atoms with E-state index in [9.17, 15) is 17.9 Å². The van der Waals surface area contributed by atoms with Gasteiger partial charge in [0.05, 0.1) is 4.91 Å². The zero-order valence-corrected chi connectivity index (χ0v) is 11.6. The second kappa shape index (κ2) is 4.89. The van der Waals surface area contributed by atoms with E-state index in [1.54, 1.807) is 12.1 Å². The molecule has 0 spiro atoms. The predicted molar refractivity (Wildman–Crippen MR) is 75.2 cm³/mol. The molecule has 0 radical (unpaired) electrons. The van der Waals surface area contributed by atoms with Gasteiger partial charge in [-0.05, 0) is 29.8 Å². The Kier molecular flexibility index (Phi) is 3.17. The highest BCUT2D eigenvalue weighted by atomic mass is 32.2. The minimum absolute atomic E-state index is 0.0362. The highest BCUT2D eigenvalue weighted by molar-refractivity contribution is 7.95. The molecule has 3 rings (SSSR count). The molecule has 1 aliphatic rings. The Balaban J connectivity index is 1.89. The van der Waals surface area contributed by atoms with E-state index in [0.29, 0.717) is 5.56 Å². The van der Waals surface area contributed by atoms with Crippen LogP contribution in [0.5, 0.6) is 11.5 Å². The number of hydrogen-bond acceptors (Lipinski definition) is 4. The molecule has 1 N–H and O–H groups in total. The van der Waals surface area contributed by atoms with Crippen molar-refractivity contribution in [2.75, 3.05) is 6.61 Å². The average Bonchev–Trinajstić information content (AvgIpc) is 2.70. The number of phenolic OH excluding ortho intramolecular Hbond substituents is 1. The van der Waals surface area contributed by atoms with Crippen molar-refractivity contribution in [1.29, 1.82) is 0 Å². The largest absolute Gasteiger partial charge is 0.504 e. The molecule has 0 aromatic heterocycles. The molecule has 2 aromatic carbocycles. The van der Waals surface area contributed by atoms with Gasteiger partial charge in [0.2, 0.25) is 9.84 Å². The molecule has 1 aliphatic heterocycles. The zero-order chi connectivity index (χ0) is 15.0. The van der Waals surface area contributed by atoms with Gasteiger partial charge >= 0.3 is 0 Å². The Bertz CT molecular complexity index is 841. The van der Waals surface area contributed by atoms with Crippen LogP contribution in [0.15, 0.2) is 52.3 Å². The molecular weight excluding hydrogens is 295 g/mol. The Morgan fingerprint density at radius 1 is 1.10 bits per heavy atom. The predicted octanol–water partition coefficient (Wildman–Crippen LogP) is 2.74. The molecule has 2 aromatic rings. The first-order chi connectivity index (χ1) is 10.00. The summed E-state index contributed by atoms with van der Waals surface area (Å²) in [6, 6.07) is 10.3. The fourth-order valence-corrected chi connectivity index (χ4v) is 3.67. The molecular formula is C15H11FO4S. The van der Waals surface area contributed by atoms with Gasteiger partial charge in [-0.2, -0.15) is 0 Å². The van der Waals surface area contributed by atoms with Gasteiger partial charge in [-0.1, -0.05) is 24.3 Å². The molecule has 0 saturated heterocycles. The first-order valence-corrected chi connectivity index (χ1v) is 7.63. The number of hydrogen-bond donors (Lipinski definition) is 1. The number of rotatable bonds is 3. The third kappa shape index (κ3) is 2.27. The number of sulfone groups is 1. The SMILES string of the molecule is O=S1(=O)C(COc2ccccc2O)=Cc2cccc(F)c21. The maximum absolute atomic E-state index is 13.7. The lowest BCUT2D eigenvalue weighted by Gasteiger charge is -2.08. The number of phenols is 1. The Morgan fingerprint density at radius 2 is 1.86 bits per heavy atom. The maximum Gasteiger partial charge on any atom is 0.209 e. The lowest BCUT2D eigenvalue weighted by atomic mass is 10.2. The van der Waals surface area contributed by atoms with Crippen molar-refractivity contribution in [2.24, 2.45) is 0 Å². The fourth-order valence-electron chi connectivity index (χ4n) is 2.15. The molecule has 0 atom stereocenters. The quantitative estimate of drug-likeness (QED) is 0.947. The third-order valence-electron chi connectivity index (χ3n) is 3.16. The fraction of sp³-hybridized carbons (Fsp3) is 0.0667. The number of ether oxygens (including phenoxy) is 1.